The van der Waals surface area contributed by atoms with Gasteiger partial charge in [-0.25, -0.2) is 0 Å². The molecule has 1 rings (SSSR count). The van der Waals surface area contributed by atoms with Gasteiger partial charge in [0.2, 0.25) is 0 Å². The summed E-state index contributed by atoms with van der Waals surface area (Å²) in [6, 6.07) is 8.07. The zero-order chi connectivity index (χ0) is 12.2. The second kappa shape index (κ2) is 5.50. The molecule has 0 saturated heterocycles. The van der Waals surface area contributed by atoms with Gasteiger partial charge in [-0.3, -0.25) is 0 Å². The van der Waals surface area contributed by atoms with Gasteiger partial charge in [0.05, 0.1) is 13.7 Å². The van der Waals surface area contributed by atoms with Gasteiger partial charge >= 0.3 is 0 Å². The molecule has 0 unspecified atom stereocenters. The molecule has 1 aromatic carbocycles. The standard InChI is InChI=1S/C13H22O2Si/c1-11(2)16(4,5)15-10-12-6-8-13(14-3)9-7-12/h6-9,11H,10H2,1-5H3. The first-order chi connectivity index (χ1) is 7.45. The summed E-state index contributed by atoms with van der Waals surface area (Å²) >= 11 is 0. The maximum atomic E-state index is 6.05. The molecule has 0 heterocycles. The minimum atomic E-state index is -1.52. The van der Waals surface area contributed by atoms with Crippen molar-refractivity contribution in [1.29, 1.82) is 0 Å². The minimum Gasteiger partial charge on any atom is -0.497 e. The smallest absolute Gasteiger partial charge is 0.189 e. The molecule has 90 valence electrons. The number of rotatable bonds is 5. The Balaban J connectivity index is 2.54. The highest BCUT2D eigenvalue weighted by Gasteiger charge is 2.26. The molecule has 0 spiro atoms. The second-order valence-electron chi connectivity index (χ2n) is 4.89. The van der Waals surface area contributed by atoms with E-state index in [9.17, 15) is 0 Å². The number of benzene rings is 1. The van der Waals surface area contributed by atoms with Crippen LogP contribution in [0.15, 0.2) is 24.3 Å². The summed E-state index contributed by atoms with van der Waals surface area (Å²) in [7, 11) is 0.164. The first kappa shape index (κ1) is 13.3. The van der Waals surface area contributed by atoms with Crippen molar-refractivity contribution >= 4 is 8.32 Å². The van der Waals surface area contributed by atoms with Gasteiger partial charge in [0.25, 0.3) is 0 Å². The summed E-state index contributed by atoms with van der Waals surface area (Å²) in [6.07, 6.45) is 0. The second-order valence-corrected chi connectivity index (χ2v) is 9.55. The average molecular weight is 238 g/mol. The largest absolute Gasteiger partial charge is 0.497 e. The van der Waals surface area contributed by atoms with Crippen molar-refractivity contribution < 1.29 is 9.16 Å². The van der Waals surface area contributed by atoms with Crippen LogP contribution in [0.4, 0.5) is 0 Å². The van der Waals surface area contributed by atoms with Crippen LogP contribution in [0, 0.1) is 0 Å². The van der Waals surface area contributed by atoms with Crippen LogP contribution >= 0.6 is 0 Å². The van der Waals surface area contributed by atoms with E-state index in [4.69, 9.17) is 9.16 Å². The maximum absolute atomic E-state index is 6.05. The molecule has 16 heavy (non-hydrogen) atoms. The molecule has 0 aromatic heterocycles. The van der Waals surface area contributed by atoms with Gasteiger partial charge in [-0.2, -0.15) is 0 Å². The molecule has 0 aliphatic rings. The maximum Gasteiger partial charge on any atom is 0.189 e. The monoisotopic (exact) mass is 238 g/mol. The van der Waals surface area contributed by atoms with Crippen LogP contribution in [0.3, 0.4) is 0 Å². The van der Waals surface area contributed by atoms with Gasteiger partial charge in [0.1, 0.15) is 5.75 Å². The molecule has 0 aliphatic heterocycles. The predicted octanol–water partition coefficient (Wildman–Crippen LogP) is 3.83. The summed E-state index contributed by atoms with van der Waals surface area (Å²) in [5, 5.41) is 0. The van der Waals surface area contributed by atoms with E-state index in [2.05, 4.69) is 39.1 Å². The van der Waals surface area contributed by atoms with Crippen LogP contribution in [0.1, 0.15) is 19.4 Å². The van der Waals surface area contributed by atoms with Crippen LogP contribution in [0.5, 0.6) is 5.75 Å². The highest BCUT2D eigenvalue weighted by molar-refractivity contribution is 6.72. The van der Waals surface area contributed by atoms with E-state index in [0.717, 1.165) is 5.75 Å². The molecule has 2 nitrogen and oxygen atoms in total. The first-order valence-corrected chi connectivity index (χ1v) is 8.71. The molecule has 0 radical (unpaired) electrons. The minimum absolute atomic E-state index is 0.644. The Morgan fingerprint density at radius 3 is 2.12 bits per heavy atom. The highest BCUT2D eigenvalue weighted by Crippen LogP contribution is 2.23. The van der Waals surface area contributed by atoms with E-state index < -0.39 is 8.32 Å². The zero-order valence-electron chi connectivity index (χ0n) is 10.9. The lowest BCUT2D eigenvalue weighted by molar-refractivity contribution is 0.289. The van der Waals surface area contributed by atoms with Crippen LogP contribution < -0.4 is 4.74 Å². The average Bonchev–Trinajstić information content (AvgIpc) is 2.27. The molecule has 3 heteroatoms. The molecular weight excluding hydrogens is 216 g/mol. The molecular formula is C13H22O2Si. The summed E-state index contributed by atoms with van der Waals surface area (Å²) in [4.78, 5) is 0. The Morgan fingerprint density at radius 2 is 1.69 bits per heavy atom. The lowest BCUT2D eigenvalue weighted by atomic mass is 10.2. The van der Waals surface area contributed by atoms with Crippen LogP contribution in [-0.4, -0.2) is 15.4 Å². The number of hydrogen-bond donors (Lipinski definition) is 0. The molecule has 0 atom stereocenters. The van der Waals surface area contributed by atoms with Crippen molar-refractivity contribution in [3.8, 4) is 5.75 Å². The van der Waals surface area contributed by atoms with Crippen molar-refractivity contribution in [2.24, 2.45) is 0 Å². The molecule has 0 N–H and O–H groups in total. The van der Waals surface area contributed by atoms with Crippen LogP contribution in [0.25, 0.3) is 0 Å². The van der Waals surface area contributed by atoms with Gasteiger partial charge in [-0.1, -0.05) is 26.0 Å². The first-order valence-electron chi connectivity index (χ1n) is 5.72. The lowest BCUT2D eigenvalue weighted by Crippen LogP contribution is -2.33. The van der Waals surface area contributed by atoms with Gasteiger partial charge in [-0.15, -0.1) is 0 Å². The molecule has 0 bridgehead atoms. The number of hydrogen-bond acceptors (Lipinski definition) is 2. The Kier molecular flexibility index (Phi) is 4.56. The molecule has 0 amide bonds. The Bertz CT molecular complexity index is 317. The Hall–Kier alpha value is -0.803. The lowest BCUT2D eigenvalue weighted by Gasteiger charge is -2.26. The van der Waals surface area contributed by atoms with E-state index in [1.807, 2.05) is 12.1 Å². The van der Waals surface area contributed by atoms with E-state index in [1.54, 1.807) is 7.11 Å². The number of methoxy groups -OCH3 is 1. The van der Waals surface area contributed by atoms with Crippen molar-refractivity contribution in [2.75, 3.05) is 7.11 Å². The van der Waals surface area contributed by atoms with E-state index in [1.165, 1.54) is 5.56 Å². The molecule has 1 aromatic rings. The topological polar surface area (TPSA) is 18.5 Å². The molecule has 0 saturated carbocycles. The van der Waals surface area contributed by atoms with E-state index >= 15 is 0 Å². The highest BCUT2D eigenvalue weighted by atomic mass is 28.4. The Labute approximate surface area is 99.7 Å². The fourth-order valence-electron chi connectivity index (χ4n) is 1.16. The van der Waals surface area contributed by atoms with Crippen molar-refractivity contribution in [2.45, 2.75) is 39.1 Å². The summed E-state index contributed by atoms with van der Waals surface area (Å²) in [5.41, 5.74) is 1.85. The van der Waals surface area contributed by atoms with Crippen molar-refractivity contribution in [1.82, 2.24) is 0 Å². The number of ether oxygens (including phenoxy) is 1. The fourth-order valence-corrected chi connectivity index (χ4v) is 2.03. The van der Waals surface area contributed by atoms with Gasteiger partial charge < -0.3 is 9.16 Å². The van der Waals surface area contributed by atoms with Crippen molar-refractivity contribution in [3.63, 3.8) is 0 Å². The summed E-state index contributed by atoms with van der Waals surface area (Å²) in [5.74, 6) is 0.893. The quantitative estimate of drug-likeness (QED) is 0.726. The van der Waals surface area contributed by atoms with Crippen molar-refractivity contribution in [3.05, 3.63) is 29.8 Å². The van der Waals surface area contributed by atoms with Gasteiger partial charge in [0.15, 0.2) is 8.32 Å². The normalized spacial score (nSPS) is 11.9. The molecule has 0 aliphatic carbocycles. The Morgan fingerprint density at radius 1 is 1.12 bits per heavy atom. The molecule has 0 fully saturated rings. The third kappa shape index (κ3) is 3.65. The SMILES string of the molecule is COc1ccc(CO[Si](C)(C)C(C)C)cc1. The summed E-state index contributed by atoms with van der Waals surface area (Å²) in [6.45, 7) is 9.71. The van der Waals surface area contributed by atoms with E-state index in [0.29, 0.717) is 12.1 Å². The summed E-state index contributed by atoms with van der Waals surface area (Å²) < 4.78 is 11.2. The van der Waals surface area contributed by atoms with Gasteiger partial charge in [0, 0.05) is 0 Å². The zero-order valence-corrected chi connectivity index (χ0v) is 11.9. The van der Waals surface area contributed by atoms with Crippen LogP contribution in [0.2, 0.25) is 18.6 Å². The fraction of sp³-hybridized carbons (Fsp3) is 0.538. The van der Waals surface area contributed by atoms with E-state index in [-0.39, 0.29) is 0 Å². The third-order valence-corrected chi connectivity index (χ3v) is 6.83. The van der Waals surface area contributed by atoms with Crippen LogP contribution in [-0.2, 0) is 11.0 Å². The van der Waals surface area contributed by atoms with Gasteiger partial charge in [-0.05, 0) is 36.3 Å². The predicted molar refractivity (Wildman–Crippen MR) is 70.4 cm³/mol. The third-order valence-electron chi connectivity index (χ3n) is 3.16.